The van der Waals surface area contributed by atoms with E-state index in [0.717, 1.165) is 19.5 Å². The van der Waals surface area contributed by atoms with E-state index in [2.05, 4.69) is 5.32 Å². The van der Waals surface area contributed by atoms with Gasteiger partial charge in [0.05, 0.1) is 0 Å². The molecule has 0 bridgehead atoms. The third-order valence-electron chi connectivity index (χ3n) is 2.07. The van der Waals surface area contributed by atoms with E-state index in [9.17, 15) is 4.79 Å². The van der Waals surface area contributed by atoms with Crippen molar-refractivity contribution in [3.8, 4) is 0 Å². The SMILES string of the molecule is CNCCCN(C)C(=O)C(CN)OC. The minimum absolute atomic E-state index is 0.0499. The minimum atomic E-state index is -0.505. The molecule has 0 saturated carbocycles. The maximum Gasteiger partial charge on any atom is 0.252 e. The standard InChI is InChI=1S/C9H21N3O2/c1-11-5-4-6-12(2)9(13)8(7-10)14-3/h8,11H,4-7,10H2,1-3H3. The normalized spacial score (nSPS) is 12.6. The van der Waals surface area contributed by atoms with Gasteiger partial charge in [-0.1, -0.05) is 0 Å². The number of hydrogen-bond acceptors (Lipinski definition) is 4. The monoisotopic (exact) mass is 203 g/mol. The molecule has 0 heterocycles. The van der Waals surface area contributed by atoms with Gasteiger partial charge in [-0.3, -0.25) is 4.79 Å². The maximum absolute atomic E-state index is 11.6. The molecule has 0 aromatic heterocycles. The van der Waals surface area contributed by atoms with Crippen LogP contribution in [-0.2, 0) is 9.53 Å². The van der Waals surface area contributed by atoms with Crippen molar-refractivity contribution in [3.63, 3.8) is 0 Å². The molecular weight excluding hydrogens is 182 g/mol. The Bertz CT molecular complexity index is 160. The largest absolute Gasteiger partial charge is 0.370 e. The van der Waals surface area contributed by atoms with E-state index < -0.39 is 6.10 Å². The highest BCUT2D eigenvalue weighted by Crippen LogP contribution is 1.96. The van der Waals surface area contributed by atoms with Crippen LogP contribution in [0.1, 0.15) is 6.42 Å². The summed E-state index contributed by atoms with van der Waals surface area (Å²) in [6, 6.07) is 0. The Labute approximate surface area is 85.6 Å². The second-order valence-electron chi connectivity index (χ2n) is 3.18. The number of hydrogen-bond donors (Lipinski definition) is 2. The first kappa shape index (κ1) is 13.4. The van der Waals surface area contributed by atoms with Crippen LogP contribution in [0.2, 0.25) is 0 Å². The number of likely N-dealkylation sites (N-methyl/N-ethyl adjacent to an activating group) is 1. The van der Waals surface area contributed by atoms with Crippen molar-refractivity contribution >= 4 is 5.91 Å². The molecule has 0 aliphatic rings. The molecule has 0 saturated heterocycles. The quantitative estimate of drug-likeness (QED) is 0.522. The van der Waals surface area contributed by atoms with Gasteiger partial charge in [-0.25, -0.2) is 0 Å². The summed E-state index contributed by atoms with van der Waals surface area (Å²) >= 11 is 0. The molecule has 0 radical (unpaired) electrons. The number of nitrogens with one attached hydrogen (secondary N) is 1. The third kappa shape index (κ3) is 4.55. The second-order valence-corrected chi connectivity index (χ2v) is 3.18. The molecule has 3 N–H and O–H groups in total. The molecule has 0 aromatic rings. The smallest absolute Gasteiger partial charge is 0.252 e. The molecule has 0 aliphatic heterocycles. The summed E-state index contributed by atoms with van der Waals surface area (Å²) in [6.45, 7) is 1.85. The lowest BCUT2D eigenvalue weighted by Crippen LogP contribution is -2.42. The van der Waals surface area contributed by atoms with Crippen molar-refractivity contribution in [2.24, 2.45) is 5.73 Å². The first-order chi connectivity index (χ1) is 6.67. The molecule has 0 fully saturated rings. The summed E-state index contributed by atoms with van der Waals surface area (Å²) in [6.07, 6.45) is 0.425. The van der Waals surface area contributed by atoms with Gasteiger partial charge in [0.2, 0.25) is 0 Å². The van der Waals surface area contributed by atoms with E-state index in [0.29, 0.717) is 0 Å². The van der Waals surface area contributed by atoms with Gasteiger partial charge < -0.3 is 20.7 Å². The predicted molar refractivity (Wildman–Crippen MR) is 56.0 cm³/mol. The lowest BCUT2D eigenvalue weighted by Gasteiger charge is -2.21. The van der Waals surface area contributed by atoms with E-state index in [-0.39, 0.29) is 12.5 Å². The van der Waals surface area contributed by atoms with Crippen LogP contribution < -0.4 is 11.1 Å². The van der Waals surface area contributed by atoms with Gasteiger partial charge in [0.25, 0.3) is 5.91 Å². The molecule has 84 valence electrons. The zero-order valence-corrected chi connectivity index (χ0v) is 9.25. The number of rotatable bonds is 7. The van der Waals surface area contributed by atoms with Crippen LogP contribution in [-0.4, -0.2) is 57.8 Å². The zero-order valence-electron chi connectivity index (χ0n) is 9.25. The van der Waals surface area contributed by atoms with Gasteiger partial charge in [0.1, 0.15) is 6.10 Å². The molecule has 1 atom stereocenters. The Kier molecular flexibility index (Phi) is 7.37. The van der Waals surface area contributed by atoms with E-state index in [4.69, 9.17) is 10.5 Å². The van der Waals surface area contributed by atoms with Crippen LogP contribution in [0.15, 0.2) is 0 Å². The Morgan fingerprint density at radius 2 is 2.29 bits per heavy atom. The Hall–Kier alpha value is -0.650. The van der Waals surface area contributed by atoms with Gasteiger partial charge in [-0.2, -0.15) is 0 Å². The summed E-state index contributed by atoms with van der Waals surface area (Å²) in [7, 11) is 5.15. The van der Waals surface area contributed by atoms with Gasteiger partial charge in [-0.05, 0) is 20.0 Å². The Morgan fingerprint density at radius 1 is 1.64 bits per heavy atom. The van der Waals surface area contributed by atoms with Gasteiger partial charge >= 0.3 is 0 Å². The number of methoxy groups -OCH3 is 1. The second kappa shape index (κ2) is 7.73. The first-order valence-electron chi connectivity index (χ1n) is 4.79. The van der Waals surface area contributed by atoms with Crippen LogP contribution in [0, 0.1) is 0 Å². The van der Waals surface area contributed by atoms with Gasteiger partial charge in [0, 0.05) is 27.2 Å². The summed E-state index contributed by atoms with van der Waals surface area (Å²) in [5, 5.41) is 3.03. The highest BCUT2D eigenvalue weighted by molar-refractivity contribution is 5.80. The van der Waals surface area contributed by atoms with Crippen molar-refractivity contribution in [2.75, 3.05) is 40.8 Å². The fourth-order valence-electron chi connectivity index (χ4n) is 1.15. The van der Waals surface area contributed by atoms with E-state index in [1.807, 2.05) is 7.05 Å². The highest BCUT2D eigenvalue weighted by atomic mass is 16.5. The number of nitrogens with two attached hydrogens (primary N) is 1. The van der Waals surface area contributed by atoms with Crippen LogP contribution >= 0.6 is 0 Å². The topological polar surface area (TPSA) is 67.6 Å². The van der Waals surface area contributed by atoms with Gasteiger partial charge in [-0.15, -0.1) is 0 Å². The minimum Gasteiger partial charge on any atom is -0.370 e. The van der Waals surface area contributed by atoms with Crippen molar-refractivity contribution < 1.29 is 9.53 Å². The third-order valence-corrected chi connectivity index (χ3v) is 2.07. The summed E-state index contributed by atoms with van der Waals surface area (Å²) < 4.78 is 4.96. The van der Waals surface area contributed by atoms with Crippen molar-refractivity contribution in [1.82, 2.24) is 10.2 Å². The molecule has 0 rings (SSSR count). The lowest BCUT2D eigenvalue weighted by molar-refractivity contribution is -0.140. The van der Waals surface area contributed by atoms with E-state index in [1.54, 1.807) is 11.9 Å². The fraction of sp³-hybridized carbons (Fsp3) is 0.889. The van der Waals surface area contributed by atoms with Crippen molar-refractivity contribution in [3.05, 3.63) is 0 Å². The molecule has 1 unspecified atom stereocenters. The van der Waals surface area contributed by atoms with Crippen molar-refractivity contribution in [2.45, 2.75) is 12.5 Å². The summed E-state index contributed by atoms with van der Waals surface area (Å²) in [5.74, 6) is -0.0499. The average molecular weight is 203 g/mol. The molecular formula is C9H21N3O2. The molecule has 0 spiro atoms. The fourth-order valence-corrected chi connectivity index (χ4v) is 1.15. The molecule has 0 aromatic carbocycles. The van der Waals surface area contributed by atoms with Crippen LogP contribution in [0.3, 0.4) is 0 Å². The summed E-state index contributed by atoms with van der Waals surface area (Å²) in [4.78, 5) is 13.3. The lowest BCUT2D eigenvalue weighted by atomic mass is 10.3. The molecule has 5 heteroatoms. The number of ether oxygens (including phenoxy) is 1. The maximum atomic E-state index is 11.6. The predicted octanol–water partition coefficient (Wildman–Crippen LogP) is -0.972. The van der Waals surface area contributed by atoms with Crippen molar-refractivity contribution in [1.29, 1.82) is 0 Å². The molecule has 5 nitrogen and oxygen atoms in total. The van der Waals surface area contributed by atoms with Crippen LogP contribution in [0.25, 0.3) is 0 Å². The molecule has 1 amide bonds. The first-order valence-corrected chi connectivity index (χ1v) is 4.79. The van der Waals surface area contributed by atoms with E-state index >= 15 is 0 Å². The number of carbonyl (C=O) groups is 1. The summed E-state index contributed by atoms with van der Waals surface area (Å²) in [5.41, 5.74) is 5.39. The Balaban J connectivity index is 3.84. The molecule has 14 heavy (non-hydrogen) atoms. The highest BCUT2D eigenvalue weighted by Gasteiger charge is 2.19. The van der Waals surface area contributed by atoms with Gasteiger partial charge in [0.15, 0.2) is 0 Å². The number of amides is 1. The number of nitrogens with zero attached hydrogens (tertiary/aromatic N) is 1. The van der Waals surface area contributed by atoms with E-state index in [1.165, 1.54) is 7.11 Å². The molecule has 0 aliphatic carbocycles. The number of carbonyl (C=O) groups excluding carboxylic acids is 1. The average Bonchev–Trinajstić information content (AvgIpc) is 2.19. The Morgan fingerprint density at radius 3 is 2.71 bits per heavy atom. The van der Waals surface area contributed by atoms with Crippen LogP contribution in [0.4, 0.5) is 0 Å². The zero-order chi connectivity index (χ0) is 11.0. The van der Waals surface area contributed by atoms with Crippen LogP contribution in [0.5, 0.6) is 0 Å².